The molecule has 10 heteroatoms. The minimum Gasteiger partial charge on any atom is -0.406 e. The molecule has 0 aliphatic carbocycles. The number of fused-ring (bicyclic) bond motifs is 1. The number of hydrogen-bond donors (Lipinski definition) is 1. The SMILES string of the molecule is O=C(CCCn1nnc2ccccc2c1=O)NCc1ccc(OC(F)(F)F)cc1. The summed E-state index contributed by atoms with van der Waals surface area (Å²) < 4.78 is 41.4. The van der Waals surface area contributed by atoms with E-state index < -0.39 is 6.36 Å². The summed E-state index contributed by atoms with van der Waals surface area (Å²) in [6.07, 6.45) is -4.19. The second-order valence-electron chi connectivity index (χ2n) is 6.21. The summed E-state index contributed by atoms with van der Waals surface area (Å²) in [7, 11) is 0. The van der Waals surface area contributed by atoms with E-state index in [4.69, 9.17) is 0 Å². The quantitative estimate of drug-likeness (QED) is 0.652. The highest BCUT2D eigenvalue weighted by atomic mass is 19.4. The van der Waals surface area contributed by atoms with Gasteiger partial charge in [-0.2, -0.15) is 0 Å². The Balaban J connectivity index is 1.46. The van der Waals surface area contributed by atoms with Gasteiger partial charge in [-0.3, -0.25) is 9.59 Å². The molecule has 0 aliphatic heterocycles. The Labute approximate surface area is 163 Å². The highest BCUT2D eigenvalue weighted by Crippen LogP contribution is 2.22. The number of carbonyl (C=O) groups is 1. The molecule has 1 N–H and O–H groups in total. The molecule has 3 aromatic rings. The largest absolute Gasteiger partial charge is 0.573 e. The summed E-state index contributed by atoms with van der Waals surface area (Å²) >= 11 is 0. The summed E-state index contributed by atoms with van der Waals surface area (Å²) in [5.74, 6) is -0.572. The van der Waals surface area contributed by atoms with Crippen molar-refractivity contribution in [3.05, 3.63) is 64.4 Å². The number of aromatic nitrogens is 3. The lowest BCUT2D eigenvalue weighted by Crippen LogP contribution is -2.26. The van der Waals surface area contributed by atoms with Gasteiger partial charge in [0, 0.05) is 19.5 Å². The van der Waals surface area contributed by atoms with Gasteiger partial charge in [-0.05, 0) is 36.2 Å². The zero-order chi connectivity index (χ0) is 20.9. The summed E-state index contributed by atoms with van der Waals surface area (Å²) in [6.45, 7) is 0.411. The molecule has 1 heterocycles. The summed E-state index contributed by atoms with van der Waals surface area (Å²) in [6, 6.07) is 12.1. The second-order valence-corrected chi connectivity index (χ2v) is 6.21. The Bertz CT molecular complexity index is 1050. The van der Waals surface area contributed by atoms with E-state index in [1.807, 2.05) is 0 Å². The van der Waals surface area contributed by atoms with Crippen LogP contribution in [0.1, 0.15) is 18.4 Å². The fourth-order valence-electron chi connectivity index (χ4n) is 2.66. The van der Waals surface area contributed by atoms with Crippen molar-refractivity contribution in [3.63, 3.8) is 0 Å². The molecule has 7 nitrogen and oxygen atoms in total. The van der Waals surface area contributed by atoms with Crippen LogP contribution in [0.3, 0.4) is 0 Å². The average molecular weight is 406 g/mol. The number of hydrogen-bond acceptors (Lipinski definition) is 5. The summed E-state index contributed by atoms with van der Waals surface area (Å²) in [5.41, 5.74) is 0.875. The molecule has 0 fully saturated rings. The van der Waals surface area contributed by atoms with E-state index in [0.29, 0.717) is 22.9 Å². The Morgan fingerprint density at radius 1 is 1.10 bits per heavy atom. The number of aryl methyl sites for hydroxylation is 1. The van der Waals surface area contributed by atoms with Crippen molar-refractivity contribution in [1.29, 1.82) is 0 Å². The van der Waals surface area contributed by atoms with Gasteiger partial charge in [-0.25, -0.2) is 4.68 Å². The molecule has 3 rings (SSSR count). The van der Waals surface area contributed by atoms with Crippen LogP contribution in [0.4, 0.5) is 13.2 Å². The maximum atomic E-state index is 12.3. The molecule has 0 spiro atoms. The first-order valence-corrected chi connectivity index (χ1v) is 8.76. The molecule has 152 valence electrons. The van der Waals surface area contributed by atoms with E-state index in [2.05, 4.69) is 20.4 Å². The number of ether oxygens (including phenoxy) is 1. The number of benzene rings is 2. The van der Waals surface area contributed by atoms with Crippen molar-refractivity contribution in [2.24, 2.45) is 0 Å². The minimum absolute atomic E-state index is 0.163. The maximum absolute atomic E-state index is 12.3. The van der Waals surface area contributed by atoms with Crippen molar-refractivity contribution in [1.82, 2.24) is 20.3 Å². The molecule has 29 heavy (non-hydrogen) atoms. The smallest absolute Gasteiger partial charge is 0.406 e. The van der Waals surface area contributed by atoms with Crippen LogP contribution in [0.2, 0.25) is 0 Å². The first-order valence-electron chi connectivity index (χ1n) is 8.76. The van der Waals surface area contributed by atoms with Gasteiger partial charge >= 0.3 is 6.36 Å². The Kier molecular flexibility index (Phi) is 6.10. The van der Waals surface area contributed by atoms with Crippen LogP contribution < -0.4 is 15.6 Å². The van der Waals surface area contributed by atoms with Crippen LogP contribution >= 0.6 is 0 Å². The first-order chi connectivity index (χ1) is 13.8. The normalized spacial score (nSPS) is 11.4. The third-order valence-electron chi connectivity index (χ3n) is 4.05. The standard InChI is InChI=1S/C19H17F3N4O3/c20-19(21,22)29-14-9-7-13(8-10-14)12-23-17(27)6-3-11-26-18(28)15-4-1-2-5-16(15)24-25-26/h1-2,4-5,7-10H,3,6,11-12H2,(H,23,27). The van der Waals surface area contributed by atoms with Crippen molar-refractivity contribution in [2.75, 3.05) is 0 Å². The Morgan fingerprint density at radius 3 is 2.55 bits per heavy atom. The van der Waals surface area contributed by atoms with E-state index in [9.17, 15) is 22.8 Å². The zero-order valence-electron chi connectivity index (χ0n) is 15.1. The Hall–Kier alpha value is -3.43. The molecular formula is C19H17F3N4O3. The Morgan fingerprint density at radius 2 is 1.83 bits per heavy atom. The third-order valence-corrected chi connectivity index (χ3v) is 4.05. The second kappa shape index (κ2) is 8.72. The molecule has 0 saturated carbocycles. The van der Waals surface area contributed by atoms with Gasteiger partial charge in [-0.15, -0.1) is 18.3 Å². The van der Waals surface area contributed by atoms with Crippen molar-refractivity contribution < 1.29 is 22.7 Å². The van der Waals surface area contributed by atoms with Gasteiger partial charge in [0.25, 0.3) is 5.56 Å². The van der Waals surface area contributed by atoms with E-state index in [0.717, 1.165) is 0 Å². The van der Waals surface area contributed by atoms with Gasteiger partial charge in [0.2, 0.25) is 5.91 Å². The molecule has 0 aliphatic rings. The van der Waals surface area contributed by atoms with Crippen molar-refractivity contribution in [2.45, 2.75) is 32.3 Å². The summed E-state index contributed by atoms with van der Waals surface area (Å²) in [5, 5.41) is 11.0. The monoisotopic (exact) mass is 406 g/mol. The molecule has 1 amide bonds. The van der Waals surface area contributed by atoms with Crippen LogP contribution in [0.15, 0.2) is 53.3 Å². The third kappa shape index (κ3) is 5.77. The number of amides is 1. The molecule has 0 unspecified atom stereocenters. The highest BCUT2D eigenvalue weighted by Gasteiger charge is 2.30. The molecule has 1 aromatic heterocycles. The van der Waals surface area contributed by atoms with Gasteiger partial charge in [0.15, 0.2) is 0 Å². The molecular weight excluding hydrogens is 389 g/mol. The lowest BCUT2D eigenvalue weighted by atomic mass is 10.2. The number of halogens is 3. The lowest BCUT2D eigenvalue weighted by Gasteiger charge is -2.10. The van der Waals surface area contributed by atoms with Crippen LogP contribution in [0.5, 0.6) is 5.75 Å². The van der Waals surface area contributed by atoms with Crippen molar-refractivity contribution >= 4 is 16.8 Å². The molecule has 2 aromatic carbocycles. The highest BCUT2D eigenvalue weighted by molar-refractivity contribution is 5.76. The predicted octanol–water partition coefficient (Wildman–Crippen LogP) is 2.79. The number of alkyl halides is 3. The van der Waals surface area contributed by atoms with Gasteiger partial charge in [0.05, 0.1) is 5.39 Å². The fraction of sp³-hybridized carbons (Fsp3) is 0.263. The summed E-state index contributed by atoms with van der Waals surface area (Å²) in [4.78, 5) is 24.3. The van der Waals surface area contributed by atoms with Crippen LogP contribution in [0.25, 0.3) is 10.9 Å². The predicted molar refractivity (Wildman–Crippen MR) is 98.0 cm³/mol. The number of rotatable bonds is 7. The lowest BCUT2D eigenvalue weighted by molar-refractivity contribution is -0.274. The first kappa shape index (κ1) is 20.3. The van der Waals surface area contributed by atoms with Crippen LogP contribution in [-0.4, -0.2) is 27.3 Å². The zero-order valence-corrected chi connectivity index (χ0v) is 15.1. The van der Waals surface area contributed by atoms with Crippen LogP contribution in [-0.2, 0) is 17.9 Å². The average Bonchev–Trinajstić information content (AvgIpc) is 2.68. The van der Waals surface area contributed by atoms with Gasteiger partial charge < -0.3 is 10.1 Å². The molecule has 0 radical (unpaired) electrons. The topological polar surface area (TPSA) is 86.1 Å². The maximum Gasteiger partial charge on any atom is 0.573 e. The molecule has 0 saturated heterocycles. The van der Waals surface area contributed by atoms with Gasteiger partial charge in [-0.1, -0.05) is 29.5 Å². The van der Waals surface area contributed by atoms with E-state index in [-0.39, 0.29) is 36.7 Å². The number of nitrogens with one attached hydrogen (secondary N) is 1. The minimum atomic E-state index is -4.74. The van der Waals surface area contributed by atoms with Crippen molar-refractivity contribution in [3.8, 4) is 5.75 Å². The van der Waals surface area contributed by atoms with Gasteiger partial charge in [0.1, 0.15) is 11.3 Å². The molecule has 0 atom stereocenters. The fourth-order valence-corrected chi connectivity index (χ4v) is 2.66. The molecule has 0 bridgehead atoms. The number of carbonyl (C=O) groups excluding carboxylic acids is 1. The van der Waals surface area contributed by atoms with E-state index in [1.54, 1.807) is 24.3 Å². The van der Waals surface area contributed by atoms with E-state index >= 15 is 0 Å². The number of nitrogens with zero attached hydrogens (tertiary/aromatic N) is 3. The van der Waals surface area contributed by atoms with E-state index in [1.165, 1.54) is 28.9 Å². The van der Waals surface area contributed by atoms with Crippen LogP contribution in [0, 0.1) is 0 Å².